The van der Waals surface area contributed by atoms with Crippen molar-refractivity contribution in [2.75, 3.05) is 26.4 Å². The number of nitrogens with one attached hydrogen (secondary N) is 2. The molecule has 0 amide bonds. The Bertz CT molecular complexity index is 915. The number of ether oxygens (including phenoxy) is 1. The van der Waals surface area contributed by atoms with Crippen LogP contribution < -0.4 is 15.4 Å². The first-order valence-corrected chi connectivity index (χ1v) is 11.4. The quantitative estimate of drug-likeness (QED) is 0.481. The van der Waals surface area contributed by atoms with Gasteiger partial charge in [0.15, 0.2) is 15.8 Å². The molecule has 0 radical (unpaired) electrons. The topological polar surface area (TPSA) is 79.8 Å². The van der Waals surface area contributed by atoms with Crippen molar-refractivity contribution in [3.8, 4) is 5.75 Å². The lowest BCUT2D eigenvalue weighted by Crippen LogP contribution is -2.43. The van der Waals surface area contributed by atoms with Gasteiger partial charge in [-0.2, -0.15) is 0 Å². The Morgan fingerprint density at radius 1 is 1.17 bits per heavy atom. The van der Waals surface area contributed by atoms with Crippen LogP contribution in [0.5, 0.6) is 5.75 Å². The monoisotopic (exact) mass is 421 g/mol. The number of guanidine groups is 1. The van der Waals surface area contributed by atoms with E-state index >= 15 is 0 Å². The fraction of sp³-hybridized carbons (Fsp3) is 0.381. The summed E-state index contributed by atoms with van der Waals surface area (Å²) in [4.78, 5) is 4.51. The third-order valence-electron chi connectivity index (χ3n) is 4.33. The van der Waals surface area contributed by atoms with Gasteiger partial charge in [0, 0.05) is 25.9 Å². The molecule has 1 atom stereocenters. The smallest absolute Gasteiger partial charge is 0.191 e. The minimum absolute atomic E-state index is 0.126. The average molecular weight is 422 g/mol. The fourth-order valence-corrected chi connectivity index (χ4v) is 3.29. The number of aliphatic imine (C=N–C) groups is 1. The molecule has 0 saturated carbocycles. The number of hydrogen-bond donors (Lipinski definition) is 2. The third-order valence-corrected chi connectivity index (χ3v) is 5.46. The Kier molecular flexibility index (Phi) is 8.45. The molecule has 29 heavy (non-hydrogen) atoms. The Morgan fingerprint density at radius 3 is 2.48 bits per heavy atom. The molecule has 2 rings (SSSR count). The first-order chi connectivity index (χ1) is 13.8. The number of rotatable bonds is 9. The highest BCUT2D eigenvalue weighted by Gasteiger charge is 2.10. The van der Waals surface area contributed by atoms with Gasteiger partial charge in [-0.3, -0.25) is 4.99 Å². The van der Waals surface area contributed by atoms with E-state index in [0.29, 0.717) is 29.7 Å². The molecule has 2 aromatic rings. The van der Waals surface area contributed by atoms with Crippen LogP contribution in [0.2, 0.25) is 0 Å². The van der Waals surface area contributed by atoms with E-state index in [0.717, 1.165) is 18.4 Å². The highest BCUT2D eigenvalue weighted by Crippen LogP contribution is 2.14. The second kappa shape index (κ2) is 10.8. The van der Waals surface area contributed by atoms with Gasteiger partial charge >= 0.3 is 0 Å². The molecule has 0 spiro atoms. The molecule has 1 unspecified atom stereocenters. The zero-order valence-corrected chi connectivity index (χ0v) is 17.8. The largest absolute Gasteiger partial charge is 0.489 e. The van der Waals surface area contributed by atoms with E-state index in [9.17, 15) is 12.8 Å². The molecular formula is C21H28FN3O3S. The van der Waals surface area contributed by atoms with Crippen molar-refractivity contribution in [3.63, 3.8) is 0 Å². The van der Waals surface area contributed by atoms with Crippen molar-refractivity contribution < 1.29 is 17.5 Å². The van der Waals surface area contributed by atoms with Gasteiger partial charge in [-0.1, -0.05) is 25.1 Å². The van der Waals surface area contributed by atoms with Crippen LogP contribution in [0.15, 0.2) is 58.4 Å². The Labute approximate surface area is 172 Å². The van der Waals surface area contributed by atoms with Gasteiger partial charge in [-0.05, 0) is 42.7 Å². The first-order valence-electron chi connectivity index (χ1n) is 9.47. The van der Waals surface area contributed by atoms with E-state index < -0.39 is 9.84 Å². The lowest BCUT2D eigenvalue weighted by molar-refractivity contribution is 0.199. The van der Waals surface area contributed by atoms with Gasteiger partial charge in [-0.25, -0.2) is 12.8 Å². The number of hydrogen-bond acceptors (Lipinski definition) is 4. The van der Waals surface area contributed by atoms with Crippen LogP contribution in [-0.2, 0) is 16.3 Å². The molecule has 0 aliphatic rings. The minimum Gasteiger partial charge on any atom is -0.489 e. The Morgan fingerprint density at radius 2 is 1.90 bits per heavy atom. The molecule has 158 valence electrons. The molecule has 0 aromatic heterocycles. The van der Waals surface area contributed by atoms with Crippen LogP contribution in [-0.4, -0.2) is 46.9 Å². The van der Waals surface area contributed by atoms with Crippen LogP contribution in [0, 0.1) is 5.82 Å². The normalized spacial score (nSPS) is 13.0. The van der Waals surface area contributed by atoms with E-state index in [2.05, 4.69) is 15.6 Å². The summed E-state index contributed by atoms with van der Waals surface area (Å²) >= 11 is 0. The van der Waals surface area contributed by atoms with Gasteiger partial charge in [0.1, 0.15) is 17.7 Å². The molecule has 0 bridgehead atoms. The van der Waals surface area contributed by atoms with Crippen LogP contribution in [0.3, 0.4) is 0 Å². The van der Waals surface area contributed by atoms with Crippen LogP contribution >= 0.6 is 0 Å². The third kappa shape index (κ3) is 7.73. The molecule has 2 aromatic carbocycles. The molecule has 0 fully saturated rings. The summed E-state index contributed by atoms with van der Waals surface area (Å²) < 4.78 is 42.1. The second-order valence-electron chi connectivity index (χ2n) is 6.65. The summed E-state index contributed by atoms with van der Waals surface area (Å²) in [6.45, 7) is 3.16. The van der Waals surface area contributed by atoms with Crippen molar-refractivity contribution in [2.45, 2.75) is 30.8 Å². The molecule has 2 N–H and O–H groups in total. The second-order valence-corrected chi connectivity index (χ2v) is 8.67. The van der Waals surface area contributed by atoms with Crippen LogP contribution in [0.4, 0.5) is 4.39 Å². The molecule has 6 nitrogen and oxygen atoms in total. The van der Waals surface area contributed by atoms with Crippen molar-refractivity contribution in [1.29, 1.82) is 0 Å². The van der Waals surface area contributed by atoms with E-state index in [1.54, 1.807) is 31.3 Å². The predicted molar refractivity (Wildman–Crippen MR) is 114 cm³/mol. The Hall–Kier alpha value is -2.61. The maximum Gasteiger partial charge on any atom is 0.191 e. The van der Waals surface area contributed by atoms with Crippen molar-refractivity contribution in [2.24, 2.45) is 4.99 Å². The average Bonchev–Trinajstić information content (AvgIpc) is 2.69. The van der Waals surface area contributed by atoms with Gasteiger partial charge in [0.25, 0.3) is 0 Å². The summed E-state index contributed by atoms with van der Waals surface area (Å²) in [5, 5.41) is 6.43. The molecule has 0 saturated heterocycles. The highest BCUT2D eigenvalue weighted by molar-refractivity contribution is 7.90. The highest BCUT2D eigenvalue weighted by atomic mass is 32.2. The summed E-state index contributed by atoms with van der Waals surface area (Å²) in [7, 11) is -1.49. The van der Waals surface area contributed by atoms with Gasteiger partial charge < -0.3 is 15.4 Å². The molecule has 0 aliphatic heterocycles. The maximum absolute atomic E-state index is 13.3. The predicted octanol–water partition coefficient (Wildman–Crippen LogP) is 2.79. The van der Waals surface area contributed by atoms with Gasteiger partial charge in [0.2, 0.25) is 0 Å². The summed E-state index contributed by atoms with van der Waals surface area (Å²) in [6.07, 6.45) is 2.55. The lowest BCUT2D eigenvalue weighted by atomic mass is 10.1. The fourth-order valence-electron chi connectivity index (χ4n) is 2.66. The number of benzene rings is 2. The molecular weight excluding hydrogens is 393 g/mol. The SMILES string of the molecule is CCC(CNC(=NC)NCCc1ccc(S(C)(=O)=O)cc1)Oc1cccc(F)c1. The number of nitrogens with zero attached hydrogens (tertiary/aromatic N) is 1. The van der Waals surface area contributed by atoms with Crippen molar-refractivity contribution in [3.05, 3.63) is 59.9 Å². The van der Waals surface area contributed by atoms with Gasteiger partial charge in [0.05, 0.1) is 11.4 Å². The minimum atomic E-state index is -3.18. The van der Waals surface area contributed by atoms with Gasteiger partial charge in [-0.15, -0.1) is 0 Å². The van der Waals surface area contributed by atoms with E-state index in [4.69, 9.17) is 4.74 Å². The maximum atomic E-state index is 13.3. The van der Waals surface area contributed by atoms with Crippen molar-refractivity contribution in [1.82, 2.24) is 10.6 Å². The number of sulfone groups is 1. The van der Waals surface area contributed by atoms with E-state index in [1.807, 2.05) is 19.1 Å². The van der Waals surface area contributed by atoms with Crippen LogP contribution in [0.25, 0.3) is 0 Å². The summed E-state index contributed by atoms with van der Waals surface area (Å²) in [6, 6.07) is 13.0. The standard InChI is InChI=1S/C21H28FN3O3S/c1-4-18(28-19-7-5-6-17(22)14-19)15-25-21(23-2)24-13-12-16-8-10-20(11-9-16)29(3,26)27/h5-11,14,18H,4,12-13,15H2,1-3H3,(H2,23,24,25). The molecule has 0 aliphatic carbocycles. The molecule has 0 heterocycles. The summed E-state index contributed by atoms with van der Waals surface area (Å²) in [5.74, 6) is 0.811. The first kappa shape index (κ1) is 22.7. The summed E-state index contributed by atoms with van der Waals surface area (Å²) in [5.41, 5.74) is 1.03. The Balaban J connectivity index is 1.79. The zero-order chi connectivity index (χ0) is 21.3. The van der Waals surface area contributed by atoms with Crippen molar-refractivity contribution >= 4 is 15.8 Å². The van der Waals surface area contributed by atoms with Crippen LogP contribution in [0.1, 0.15) is 18.9 Å². The van der Waals surface area contributed by atoms with E-state index in [-0.39, 0.29) is 11.9 Å². The number of halogens is 1. The van der Waals surface area contributed by atoms with E-state index in [1.165, 1.54) is 18.4 Å². The zero-order valence-electron chi connectivity index (χ0n) is 17.0. The lowest BCUT2D eigenvalue weighted by Gasteiger charge is -2.20. The molecule has 8 heteroatoms.